The van der Waals surface area contributed by atoms with Crippen LogP contribution >= 0.6 is 11.3 Å². The summed E-state index contributed by atoms with van der Waals surface area (Å²) in [6.45, 7) is 1.56. The molecule has 8 nitrogen and oxygen atoms in total. The second kappa shape index (κ2) is 9.30. The number of nitrogens with zero attached hydrogens (tertiary/aromatic N) is 5. The highest BCUT2D eigenvalue weighted by atomic mass is 32.2. The standard InChI is InChI=1S/C12H17N5O3S2/c13-5-3-7-16(8-4-6-14)12-17(15-11-21-12)9-1-2-10-22(18,19)20/h11H,1-4,7-10H2/p+1. The molecule has 0 bridgehead atoms. The minimum atomic E-state index is -3.93. The van der Waals surface area contributed by atoms with Crippen LogP contribution in [0.15, 0.2) is 5.51 Å². The summed E-state index contributed by atoms with van der Waals surface area (Å²) < 4.78 is 31.8. The van der Waals surface area contributed by atoms with Gasteiger partial charge in [-0.1, -0.05) is 5.10 Å². The van der Waals surface area contributed by atoms with E-state index in [0.29, 0.717) is 45.3 Å². The first-order chi connectivity index (χ1) is 10.5. The van der Waals surface area contributed by atoms with Crippen molar-refractivity contribution in [2.45, 2.75) is 32.2 Å². The van der Waals surface area contributed by atoms with Crippen molar-refractivity contribution in [2.75, 3.05) is 23.7 Å². The van der Waals surface area contributed by atoms with Crippen LogP contribution in [0.3, 0.4) is 0 Å². The van der Waals surface area contributed by atoms with E-state index in [0.717, 1.165) is 5.13 Å². The molecule has 0 atom stereocenters. The quantitative estimate of drug-likeness (QED) is 0.377. The van der Waals surface area contributed by atoms with Gasteiger partial charge in [0.15, 0.2) is 0 Å². The number of hydrogen-bond donors (Lipinski definition) is 1. The Morgan fingerprint density at radius 3 is 2.45 bits per heavy atom. The van der Waals surface area contributed by atoms with E-state index >= 15 is 0 Å². The Kier molecular flexibility index (Phi) is 7.74. The van der Waals surface area contributed by atoms with E-state index in [9.17, 15) is 8.42 Å². The molecule has 0 saturated carbocycles. The third-order valence-corrected chi connectivity index (χ3v) is 4.53. The molecule has 0 aliphatic carbocycles. The van der Waals surface area contributed by atoms with Gasteiger partial charge in [0.25, 0.3) is 10.1 Å². The van der Waals surface area contributed by atoms with Crippen LogP contribution in [0.25, 0.3) is 0 Å². The Morgan fingerprint density at radius 2 is 1.91 bits per heavy atom. The lowest BCUT2D eigenvalue weighted by molar-refractivity contribution is -0.737. The van der Waals surface area contributed by atoms with Gasteiger partial charge < -0.3 is 0 Å². The van der Waals surface area contributed by atoms with Crippen molar-refractivity contribution in [3.05, 3.63) is 5.51 Å². The first kappa shape index (κ1) is 18.3. The summed E-state index contributed by atoms with van der Waals surface area (Å²) in [6, 6.07) is 4.16. The average molecular weight is 344 g/mol. The van der Waals surface area contributed by atoms with Crippen LogP contribution in [0, 0.1) is 22.7 Å². The van der Waals surface area contributed by atoms with E-state index < -0.39 is 10.1 Å². The third kappa shape index (κ3) is 6.80. The van der Waals surface area contributed by atoms with Crippen LogP contribution in [-0.4, -0.2) is 36.9 Å². The SMILES string of the molecule is N#CCCN(CCC#N)c1scn[n+]1CCCCS(=O)(=O)O. The maximum atomic E-state index is 10.7. The normalized spacial score (nSPS) is 10.9. The van der Waals surface area contributed by atoms with Crippen molar-refractivity contribution >= 4 is 26.6 Å². The van der Waals surface area contributed by atoms with Crippen molar-refractivity contribution in [1.29, 1.82) is 10.5 Å². The molecule has 0 fully saturated rings. The highest BCUT2D eigenvalue weighted by Gasteiger charge is 2.22. The zero-order valence-corrected chi connectivity index (χ0v) is 13.7. The maximum absolute atomic E-state index is 10.7. The van der Waals surface area contributed by atoms with E-state index in [4.69, 9.17) is 15.1 Å². The van der Waals surface area contributed by atoms with Gasteiger partial charge in [-0.3, -0.25) is 4.55 Å². The second-order valence-corrected chi connectivity index (χ2v) is 6.92. The fourth-order valence-corrected chi connectivity index (χ4v) is 3.26. The maximum Gasteiger partial charge on any atom is 0.358 e. The fraction of sp³-hybridized carbons (Fsp3) is 0.667. The molecule has 1 rings (SSSR count). The molecule has 0 aromatic carbocycles. The summed E-state index contributed by atoms with van der Waals surface area (Å²) in [6.07, 6.45) is 1.61. The molecule has 1 aromatic heterocycles. The van der Waals surface area contributed by atoms with E-state index in [1.807, 2.05) is 4.90 Å². The van der Waals surface area contributed by atoms with Gasteiger partial charge in [-0.05, 0) is 24.2 Å². The van der Waals surface area contributed by atoms with Crippen LogP contribution in [0.2, 0.25) is 0 Å². The molecule has 1 N–H and O–H groups in total. The lowest BCUT2D eigenvalue weighted by Gasteiger charge is -2.13. The molecule has 22 heavy (non-hydrogen) atoms. The van der Waals surface area contributed by atoms with Crippen molar-refractivity contribution in [2.24, 2.45) is 0 Å². The largest absolute Gasteiger partial charge is 0.358 e. The summed E-state index contributed by atoms with van der Waals surface area (Å²) in [5.74, 6) is -0.264. The highest BCUT2D eigenvalue weighted by Crippen LogP contribution is 2.15. The van der Waals surface area contributed by atoms with Gasteiger partial charge >= 0.3 is 5.13 Å². The Bertz CT molecular complexity index is 626. The third-order valence-electron chi connectivity index (χ3n) is 2.85. The number of rotatable bonds is 10. The van der Waals surface area contributed by atoms with Gasteiger partial charge in [-0.2, -0.15) is 18.9 Å². The summed E-state index contributed by atoms with van der Waals surface area (Å²) in [5, 5.41) is 22.5. The summed E-state index contributed by atoms with van der Waals surface area (Å²) >= 11 is 1.41. The first-order valence-corrected chi connectivity index (χ1v) is 9.24. The van der Waals surface area contributed by atoms with Gasteiger partial charge in [-0.15, -0.1) is 4.68 Å². The van der Waals surface area contributed by atoms with Gasteiger partial charge in [0.1, 0.15) is 12.1 Å². The van der Waals surface area contributed by atoms with Gasteiger partial charge in [0.05, 0.1) is 43.8 Å². The van der Waals surface area contributed by atoms with Crippen LogP contribution in [-0.2, 0) is 16.7 Å². The molecule has 0 aliphatic rings. The molecule has 0 amide bonds. The van der Waals surface area contributed by atoms with Crippen LogP contribution in [0.4, 0.5) is 5.13 Å². The molecule has 10 heteroatoms. The molecule has 1 aromatic rings. The number of hydrogen-bond acceptors (Lipinski definition) is 7. The minimum Gasteiger partial charge on any atom is -0.286 e. The lowest BCUT2D eigenvalue weighted by atomic mass is 10.3. The monoisotopic (exact) mass is 344 g/mol. The Balaban J connectivity index is 2.64. The summed E-state index contributed by atoms with van der Waals surface area (Å²) in [7, 11) is -3.93. The Morgan fingerprint density at radius 1 is 1.27 bits per heavy atom. The van der Waals surface area contributed by atoms with E-state index in [1.165, 1.54) is 11.3 Å². The molecule has 0 spiro atoms. The lowest BCUT2D eigenvalue weighted by Crippen LogP contribution is -2.43. The number of aryl methyl sites for hydroxylation is 1. The van der Waals surface area contributed by atoms with Crippen LogP contribution in [0.5, 0.6) is 0 Å². The molecule has 120 valence electrons. The van der Waals surface area contributed by atoms with Crippen molar-refractivity contribution < 1.29 is 17.7 Å². The Hall–Kier alpha value is -1.75. The zero-order valence-electron chi connectivity index (χ0n) is 12.1. The predicted octanol–water partition coefficient (Wildman–Crippen LogP) is 0.732. The van der Waals surface area contributed by atoms with Gasteiger partial charge in [0.2, 0.25) is 0 Å². The van der Waals surface area contributed by atoms with E-state index in [1.54, 1.807) is 10.2 Å². The van der Waals surface area contributed by atoms with Crippen LogP contribution < -0.4 is 9.58 Å². The summed E-state index contributed by atoms with van der Waals surface area (Å²) in [5.41, 5.74) is 1.67. The smallest absolute Gasteiger partial charge is 0.286 e. The number of aromatic nitrogens is 2. The molecule has 0 aliphatic heterocycles. The fourth-order valence-electron chi connectivity index (χ4n) is 1.85. The average Bonchev–Trinajstić information content (AvgIpc) is 2.91. The molecule has 0 unspecified atom stereocenters. The number of nitriles is 2. The van der Waals surface area contributed by atoms with E-state index in [2.05, 4.69) is 17.2 Å². The highest BCUT2D eigenvalue weighted by molar-refractivity contribution is 7.85. The van der Waals surface area contributed by atoms with E-state index in [-0.39, 0.29) is 5.75 Å². The first-order valence-electron chi connectivity index (χ1n) is 6.75. The number of anilines is 1. The van der Waals surface area contributed by atoms with Crippen LogP contribution in [0.1, 0.15) is 25.7 Å². The van der Waals surface area contributed by atoms with Crippen molar-refractivity contribution in [3.63, 3.8) is 0 Å². The topological polar surface area (TPSA) is 122 Å². The van der Waals surface area contributed by atoms with Crippen molar-refractivity contribution in [1.82, 2.24) is 5.10 Å². The minimum absolute atomic E-state index is 0.264. The Labute approximate surface area is 134 Å². The predicted molar refractivity (Wildman–Crippen MR) is 80.6 cm³/mol. The number of unbranched alkanes of at least 4 members (excludes halogenated alkanes) is 1. The molecular formula is C12H18N5O3S2+. The molecule has 1 heterocycles. The van der Waals surface area contributed by atoms with Gasteiger partial charge in [0, 0.05) is 0 Å². The second-order valence-electron chi connectivity index (χ2n) is 4.54. The zero-order chi connectivity index (χ0) is 16.4. The summed E-state index contributed by atoms with van der Waals surface area (Å²) in [4.78, 5) is 1.94. The molecule has 0 saturated heterocycles. The van der Waals surface area contributed by atoms with Gasteiger partial charge in [-0.25, -0.2) is 4.90 Å². The van der Waals surface area contributed by atoms with Crippen molar-refractivity contribution in [3.8, 4) is 12.1 Å². The molecular weight excluding hydrogens is 326 g/mol. The molecule has 0 radical (unpaired) electrons.